The van der Waals surface area contributed by atoms with Gasteiger partial charge in [0, 0.05) is 31.7 Å². The second-order valence-electron chi connectivity index (χ2n) is 5.27. The molecule has 0 unspecified atom stereocenters. The van der Waals surface area contributed by atoms with E-state index in [1.165, 1.54) is 0 Å². The Labute approximate surface area is 145 Å². The molecule has 7 nitrogen and oxygen atoms in total. The number of nitrogens with zero attached hydrogens (tertiary/aromatic N) is 1. The highest BCUT2D eigenvalue weighted by Crippen LogP contribution is 2.27. The number of hydrogen-bond donors (Lipinski definition) is 2. The number of thioether (sulfide) groups is 1. The molecule has 1 aromatic carbocycles. The summed E-state index contributed by atoms with van der Waals surface area (Å²) >= 11 is 0.777. The van der Waals surface area contributed by atoms with Crippen LogP contribution in [0.15, 0.2) is 18.2 Å². The first kappa shape index (κ1) is 18.6. The molecule has 0 atom stereocenters. The van der Waals surface area contributed by atoms with Gasteiger partial charge in [-0.2, -0.15) is 0 Å². The molecule has 0 amide bonds. The molecule has 0 radical (unpaired) electrons. The molecule has 1 heterocycles. The molecule has 0 bridgehead atoms. The van der Waals surface area contributed by atoms with E-state index in [2.05, 4.69) is 10.2 Å². The predicted molar refractivity (Wildman–Crippen MR) is 93.2 cm³/mol. The lowest BCUT2D eigenvalue weighted by Gasteiger charge is -2.26. The first-order valence-corrected chi connectivity index (χ1v) is 8.69. The SMILES string of the molecule is COc1ccc(C(=O)SCC(=O)O)cc1NCCN1CCOCC1. The van der Waals surface area contributed by atoms with E-state index in [1.807, 2.05) is 0 Å². The van der Waals surface area contributed by atoms with Crippen molar-refractivity contribution in [3.8, 4) is 5.75 Å². The number of methoxy groups -OCH3 is 1. The Morgan fingerprint density at radius 2 is 2.12 bits per heavy atom. The van der Waals surface area contributed by atoms with Gasteiger partial charge in [0.2, 0.25) is 5.12 Å². The number of anilines is 1. The van der Waals surface area contributed by atoms with Crippen LogP contribution in [0.25, 0.3) is 0 Å². The Morgan fingerprint density at radius 1 is 1.38 bits per heavy atom. The van der Waals surface area contributed by atoms with E-state index < -0.39 is 5.97 Å². The van der Waals surface area contributed by atoms with E-state index in [4.69, 9.17) is 14.6 Å². The van der Waals surface area contributed by atoms with Crippen molar-refractivity contribution < 1.29 is 24.2 Å². The van der Waals surface area contributed by atoms with Crippen LogP contribution < -0.4 is 10.1 Å². The smallest absolute Gasteiger partial charge is 0.313 e. The number of carbonyl (C=O) groups is 2. The molecular formula is C16H22N2O5S. The number of ether oxygens (including phenoxy) is 2. The van der Waals surface area contributed by atoms with Crippen molar-refractivity contribution >= 4 is 28.5 Å². The van der Waals surface area contributed by atoms with Gasteiger partial charge >= 0.3 is 5.97 Å². The van der Waals surface area contributed by atoms with Crippen molar-refractivity contribution in [1.29, 1.82) is 0 Å². The number of aliphatic carboxylic acids is 1. The Morgan fingerprint density at radius 3 is 2.79 bits per heavy atom. The molecule has 24 heavy (non-hydrogen) atoms. The van der Waals surface area contributed by atoms with E-state index in [-0.39, 0.29) is 10.9 Å². The Balaban J connectivity index is 1.94. The monoisotopic (exact) mass is 354 g/mol. The van der Waals surface area contributed by atoms with Gasteiger partial charge in [0.15, 0.2) is 0 Å². The summed E-state index contributed by atoms with van der Waals surface area (Å²) in [7, 11) is 1.57. The number of carbonyl (C=O) groups excluding carboxylic acids is 1. The van der Waals surface area contributed by atoms with Gasteiger partial charge in [0.25, 0.3) is 0 Å². The highest BCUT2D eigenvalue weighted by molar-refractivity contribution is 8.14. The first-order chi connectivity index (χ1) is 11.6. The van der Waals surface area contributed by atoms with Crippen molar-refractivity contribution in [2.75, 3.05) is 57.6 Å². The minimum absolute atomic E-state index is 0.245. The van der Waals surface area contributed by atoms with Crippen LogP contribution in [-0.4, -0.2) is 73.3 Å². The average Bonchev–Trinajstić information content (AvgIpc) is 2.60. The van der Waals surface area contributed by atoms with Crippen molar-refractivity contribution in [3.63, 3.8) is 0 Å². The lowest BCUT2D eigenvalue weighted by molar-refractivity contribution is -0.133. The molecule has 2 N–H and O–H groups in total. The van der Waals surface area contributed by atoms with Crippen molar-refractivity contribution in [3.05, 3.63) is 23.8 Å². The molecule has 1 aromatic rings. The standard InChI is InChI=1S/C16H22N2O5S/c1-22-14-3-2-12(16(21)24-11-15(19)20)10-13(14)17-4-5-18-6-8-23-9-7-18/h2-3,10,17H,4-9,11H2,1H3,(H,19,20). The molecule has 2 rings (SSSR count). The second kappa shape index (κ2) is 9.51. The third-order valence-electron chi connectivity index (χ3n) is 3.61. The van der Waals surface area contributed by atoms with Crippen LogP contribution in [0.2, 0.25) is 0 Å². The average molecular weight is 354 g/mol. The summed E-state index contributed by atoms with van der Waals surface area (Å²) in [5.41, 5.74) is 1.18. The van der Waals surface area contributed by atoms with Crippen LogP contribution in [0.1, 0.15) is 10.4 Å². The van der Waals surface area contributed by atoms with Gasteiger partial charge in [-0.1, -0.05) is 11.8 Å². The van der Waals surface area contributed by atoms with Gasteiger partial charge in [-0.05, 0) is 18.2 Å². The van der Waals surface area contributed by atoms with Crippen molar-refractivity contribution in [1.82, 2.24) is 4.90 Å². The lowest BCUT2D eigenvalue weighted by atomic mass is 10.2. The van der Waals surface area contributed by atoms with Crippen molar-refractivity contribution in [2.24, 2.45) is 0 Å². The normalized spacial score (nSPS) is 15.0. The number of hydrogen-bond acceptors (Lipinski definition) is 7. The topological polar surface area (TPSA) is 88.1 Å². The summed E-state index contributed by atoms with van der Waals surface area (Å²) in [6.07, 6.45) is 0. The van der Waals surface area contributed by atoms with Gasteiger partial charge in [-0.3, -0.25) is 14.5 Å². The van der Waals surface area contributed by atoms with Gasteiger partial charge in [-0.15, -0.1) is 0 Å². The molecular weight excluding hydrogens is 332 g/mol. The Hall–Kier alpha value is -1.77. The molecule has 1 aliphatic rings. The van der Waals surface area contributed by atoms with Gasteiger partial charge in [-0.25, -0.2) is 0 Å². The van der Waals surface area contributed by atoms with E-state index in [0.717, 1.165) is 56.8 Å². The number of nitrogens with one attached hydrogen (secondary N) is 1. The Kier molecular flexibility index (Phi) is 7.36. The lowest BCUT2D eigenvalue weighted by Crippen LogP contribution is -2.39. The fourth-order valence-electron chi connectivity index (χ4n) is 2.36. The summed E-state index contributed by atoms with van der Waals surface area (Å²) in [4.78, 5) is 24.9. The highest BCUT2D eigenvalue weighted by Gasteiger charge is 2.13. The molecule has 8 heteroatoms. The minimum atomic E-state index is -1.01. The maximum Gasteiger partial charge on any atom is 0.313 e. The van der Waals surface area contributed by atoms with Gasteiger partial charge < -0.3 is 19.9 Å². The van der Waals surface area contributed by atoms with E-state index in [1.54, 1.807) is 25.3 Å². The third kappa shape index (κ3) is 5.70. The van der Waals surface area contributed by atoms with E-state index >= 15 is 0 Å². The fourth-order valence-corrected chi connectivity index (χ4v) is 2.91. The molecule has 132 valence electrons. The van der Waals surface area contributed by atoms with E-state index in [9.17, 15) is 9.59 Å². The molecule has 0 spiro atoms. The van der Waals surface area contributed by atoms with Crippen LogP contribution in [0.5, 0.6) is 5.75 Å². The third-order valence-corrected chi connectivity index (χ3v) is 4.50. The number of rotatable bonds is 8. The number of carboxylic acid groups (broad SMARTS) is 1. The zero-order valence-electron chi connectivity index (χ0n) is 13.6. The van der Waals surface area contributed by atoms with Crippen LogP contribution in [0.4, 0.5) is 5.69 Å². The minimum Gasteiger partial charge on any atom is -0.495 e. The van der Waals surface area contributed by atoms with Crippen LogP contribution in [0, 0.1) is 0 Å². The number of carboxylic acids is 1. The van der Waals surface area contributed by atoms with Gasteiger partial charge in [0.1, 0.15) is 5.75 Å². The molecule has 0 saturated carbocycles. The largest absolute Gasteiger partial charge is 0.495 e. The maximum atomic E-state index is 12.0. The summed E-state index contributed by atoms with van der Waals surface area (Å²) in [5, 5.41) is 11.7. The quantitative estimate of drug-likeness (QED) is 0.724. The predicted octanol–water partition coefficient (Wildman–Crippen LogP) is 1.40. The zero-order chi connectivity index (χ0) is 17.4. The molecule has 1 aliphatic heterocycles. The summed E-state index contributed by atoms with van der Waals surface area (Å²) in [6, 6.07) is 5.06. The summed E-state index contributed by atoms with van der Waals surface area (Å²) in [6.45, 7) is 4.95. The van der Waals surface area contributed by atoms with Crippen LogP contribution in [0.3, 0.4) is 0 Å². The summed E-state index contributed by atoms with van der Waals surface area (Å²) < 4.78 is 10.6. The van der Waals surface area contributed by atoms with Crippen LogP contribution >= 0.6 is 11.8 Å². The first-order valence-electron chi connectivity index (χ1n) is 7.71. The molecule has 0 aromatic heterocycles. The fraction of sp³-hybridized carbons (Fsp3) is 0.500. The second-order valence-corrected chi connectivity index (χ2v) is 6.21. The molecule has 1 fully saturated rings. The summed E-state index contributed by atoms with van der Waals surface area (Å²) in [5.74, 6) is -0.604. The van der Waals surface area contributed by atoms with Crippen molar-refractivity contribution in [2.45, 2.75) is 0 Å². The van der Waals surface area contributed by atoms with E-state index in [0.29, 0.717) is 11.3 Å². The Bertz CT molecular complexity index is 576. The maximum absolute atomic E-state index is 12.0. The molecule has 1 saturated heterocycles. The number of morpholine rings is 1. The van der Waals surface area contributed by atoms with Gasteiger partial charge in [0.05, 0.1) is 31.8 Å². The number of benzene rings is 1. The zero-order valence-corrected chi connectivity index (χ0v) is 14.4. The highest BCUT2D eigenvalue weighted by atomic mass is 32.2. The molecule has 0 aliphatic carbocycles. The van der Waals surface area contributed by atoms with Crippen LogP contribution in [-0.2, 0) is 9.53 Å².